The van der Waals surface area contributed by atoms with E-state index in [9.17, 15) is 0 Å². The Labute approximate surface area is 123 Å². The molecule has 3 nitrogen and oxygen atoms in total. The van der Waals surface area contributed by atoms with Crippen LogP contribution in [0.2, 0.25) is 0 Å². The fraction of sp³-hybridized carbons (Fsp3) is 0.154. The Balaban J connectivity index is 2.18. The highest BCUT2D eigenvalue weighted by Gasteiger charge is 2.05. The Kier molecular flexibility index (Phi) is 4.37. The van der Waals surface area contributed by atoms with Gasteiger partial charge in [-0.15, -0.1) is 0 Å². The molecular weight excluding hydrogens is 360 g/mol. The average molecular weight is 372 g/mol. The summed E-state index contributed by atoms with van der Waals surface area (Å²) < 4.78 is 7.54. The fourth-order valence-corrected chi connectivity index (χ4v) is 2.52. The smallest absolute Gasteiger partial charge is 0.219 e. The van der Waals surface area contributed by atoms with E-state index >= 15 is 0 Å². The van der Waals surface area contributed by atoms with Crippen LogP contribution in [0.4, 0.5) is 0 Å². The third-order valence-corrected chi connectivity index (χ3v) is 3.51. The van der Waals surface area contributed by atoms with Crippen LogP contribution in [-0.4, -0.2) is 4.98 Å². The second-order valence-corrected chi connectivity index (χ2v) is 5.67. The minimum atomic E-state index is -0.0223. The summed E-state index contributed by atoms with van der Waals surface area (Å²) in [5, 5.41) is 0. The molecule has 94 valence electrons. The van der Waals surface area contributed by atoms with Crippen molar-refractivity contribution in [2.75, 3.05) is 0 Å². The van der Waals surface area contributed by atoms with Gasteiger partial charge in [-0.25, -0.2) is 4.98 Å². The SMILES string of the molecule is C[C@H](N)c1ccc(Oc2ccc(Br)cc2Br)nc1. The van der Waals surface area contributed by atoms with Gasteiger partial charge in [0.1, 0.15) is 5.75 Å². The zero-order valence-electron chi connectivity index (χ0n) is 9.73. The molecule has 0 aliphatic carbocycles. The number of hydrogen-bond acceptors (Lipinski definition) is 3. The molecule has 2 aromatic rings. The molecule has 0 saturated heterocycles. The second kappa shape index (κ2) is 5.82. The number of pyridine rings is 1. The summed E-state index contributed by atoms with van der Waals surface area (Å²) >= 11 is 6.83. The van der Waals surface area contributed by atoms with Crippen LogP contribution in [0.15, 0.2) is 45.5 Å². The second-order valence-electron chi connectivity index (χ2n) is 3.90. The van der Waals surface area contributed by atoms with Gasteiger partial charge in [0.25, 0.3) is 0 Å². The molecule has 2 N–H and O–H groups in total. The van der Waals surface area contributed by atoms with E-state index in [1.54, 1.807) is 6.20 Å². The van der Waals surface area contributed by atoms with Gasteiger partial charge >= 0.3 is 0 Å². The summed E-state index contributed by atoms with van der Waals surface area (Å²) in [6, 6.07) is 9.41. The van der Waals surface area contributed by atoms with Crippen LogP contribution < -0.4 is 10.5 Å². The summed E-state index contributed by atoms with van der Waals surface area (Å²) in [5.74, 6) is 1.27. The molecule has 1 aromatic carbocycles. The maximum absolute atomic E-state index is 5.76. The molecule has 18 heavy (non-hydrogen) atoms. The summed E-state index contributed by atoms with van der Waals surface area (Å²) in [6.45, 7) is 1.92. The minimum Gasteiger partial charge on any atom is -0.438 e. The number of benzene rings is 1. The van der Waals surface area contributed by atoms with Gasteiger partial charge in [-0.1, -0.05) is 22.0 Å². The highest BCUT2D eigenvalue weighted by Crippen LogP contribution is 2.31. The zero-order chi connectivity index (χ0) is 13.1. The monoisotopic (exact) mass is 370 g/mol. The molecule has 0 aliphatic rings. The maximum Gasteiger partial charge on any atom is 0.219 e. The van der Waals surface area contributed by atoms with Crippen LogP contribution in [0.1, 0.15) is 18.5 Å². The lowest BCUT2D eigenvalue weighted by Crippen LogP contribution is -2.05. The summed E-state index contributed by atoms with van der Waals surface area (Å²) in [6.07, 6.45) is 1.73. The van der Waals surface area contributed by atoms with Crippen molar-refractivity contribution in [1.82, 2.24) is 4.98 Å². The molecule has 0 saturated carbocycles. The highest BCUT2D eigenvalue weighted by molar-refractivity contribution is 9.11. The number of aromatic nitrogens is 1. The molecule has 2 rings (SSSR count). The first-order chi connectivity index (χ1) is 8.56. The van der Waals surface area contributed by atoms with Crippen LogP contribution in [0.25, 0.3) is 0 Å². The molecule has 0 radical (unpaired) electrons. The van der Waals surface area contributed by atoms with E-state index in [1.165, 1.54) is 0 Å². The van der Waals surface area contributed by atoms with Crippen molar-refractivity contribution in [3.05, 3.63) is 51.0 Å². The molecule has 5 heteroatoms. The largest absolute Gasteiger partial charge is 0.438 e. The Morgan fingerprint density at radius 3 is 2.56 bits per heavy atom. The predicted octanol–water partition coefficient (Wildman–Crippen LogP) is 4.42. The van der Waals surface area contributed by atoms with Crippen molar-refractivity contribution < 1.29 is 4.74 Å². The van der Waals surface area contributed by atoms with E-state index in [0.29, 0.717) is 5.88 Å². The van der Waals surface area contributed by atoms with Crippen LogP contribution in [0.3, 0.4) is 0 Å². The van der Waals surface area contributed by atoms with E-state index in [0.717, 1.165) is 20.3 Å². The Bertz CT molecular complexity index is 541. The third kappa shape index (κ3) is 3.31. The predicted molar refractivity (Wildman–Crippen MR) is 78.8 cm³/mol. The van der Waals surface area contributed by atoms with Crippen molar-refractivity contribution in [3.8, 4) is 11.6 Å². The van der Waals surface area contributed by atoms with E-state index in [1.807, 2.05) is 37.3 Å². The van der Waals surface area contributed by atoms with Gasteiger partial charge < -0.3 is 10.5 Å². The molecule has 1 heterocycles. The van der Waals surface area contributed by atoms with Crippen molar-refractivity contribution in [2.24, 2.45) is 5.73 Å². The van der Waals surface area contributed by atoms with Crippen LogP contribution in [0, 0.1) is 0 Å². The topological polar surface area (TPSA) is 48.1 Å². The summed E-state index contributed by atoms with van der Waals surface area (Å²) in [7, 11) is 0. The molecule has 0 amide bonds. The molecule has 0 aliphatic heterocycles. The van der Waals surface area contributed by atoms with E-state index in [-0.39, 0.29) is 6.04 Å². The van der Waals surface area contributed by atoms with Gasteiger partial charge in [0, 0.05) is 22.8 Å². The van der Waals surface area contributed by atoms with Gasteiger partial charge in [0.05, 0.1) is 4.47 Å². The third-order valence-electron chi connectivity index (χ3n) is 2.39. The number of ether oxygens (including phenoxy) is 1. The van der Waals surface area contributed by atoms with Gasteiger partial charge in [-0.2, -0.15) is 0 Å². The first-order valence-electron chi connectivity index (χ1n) is 5.40. The van der Waals surface area contributed by atoms with E-state index < -0.39 is 0 Å². The molecule has 0 fully saturated rings. The first-order valence-corrected chi connectivity index (χ1v) is 6.99. The lowest BCUT2D eigenvalue weighted by Gasteiger charge is -2.09. The normalized spacial score (nSPS) is 12.2. The molecule has 1 atom stereocenters. The van der Waals surface area contributed by atoms with E-state index in [4.69, 9.17) is 10.5 Å². The quantitative estimate of drug-likeness (QED) is 0.868. The Morgan fingerprint density at radius 1 is 1.22 bits per heavy atom. The highest BCUT2D eigenvalue weighted by atomic mass is 79.9. The standard InChI is InChI=1S/C13H12Br2N2O/c1-8(16)9-2-5-13(17-7-9)18-12-4-3-10(14)6-11(12)15/h2-8H,16H2,1H3/t8-/m0/s1. The number of rotatable bonds is 3. The fourth-order valence-electron chi connectivity index (χ4n) is 1.39. The maximum atomic E-state index is 5.76. The number of nitrogens with two attached hydrogens (primary N) is 1. The minimum absolute atomic E-state index is 0.0223. The summed E-state index contributed by atoms with van der Waals surface area (Å²) in [4.78, 5) is 4.22. The first kappa shape index (κ1) is 13.5. The van der Waals surface area contributed by atoms with Gasteiger partial charge in [-0.3, -0.25) is 0 Å². The van der Waals surface area contributed by atoms with Crippen LogP contribution >= 0.6 is 31.9 Å². The number of hydrogen-bond donors (Lipinski definition) is 1. The molecular formula is C13H12Br2N2O. The van der Waals surface area contributed by atoms with Crippen LogP contribution in [0.5, 0.6) is 11.6 Å². The van der Waals surface area contributed by atoms with Crippen molar-refractivity contribution in [1.29, 1.82) is 0 Å². The van der Waals surface area contributed by atoms with E-state index in [2.05, 4.69) is 36.8 Å². The lowest BCUT2D eigenvalue weighted by molar-refractivity contribution is 0.459. The molecule has 0 unspecified atom stereocenters. The Morgan fingerprint density at radius 2 is 2.00 bits per heavy atom. The molecule has 0 spiro atoms. The zero-order valence-corrected chi connectivity index (χ0v) is 12.9. The lowest BCUT2D eigenvalue weighted by atomic mass is 10.2. The summed E-state index contributed by atoms with van der Waals surface area (Å²) in [5.41, 5.74) is 6.75. The average Bonchev–Trinajstić information content (AvgIpc) is 2.33. The number of nitrogens with zero attached hydrogens (tertiary/aromatic N) is 1. The molecule has 1 aromatic heterocycles. The molecule has 0 bridgehead atoms. The Hall–Kier alpha value is -0.910. The van der Waals surface area contributed by atoms with Gasteiger partial charge in [0.15, 0.2) is 0 Å². The van der Waals surface area contributed by atoms with Crippen LogP contribution in [-0.2, 0) is 0 Å². The number of halogens is 2. The van der Waals surface area contributed by atoms with Crippen molar-refractivity contribution in [2.45, 2.75) is 13.0 Å². The van der Waals surface area contributed by atoms with Crippen molar-refractivity contribution in [3.63, 3.8) is 0 Å². The van der Waals surface area contributed by atoms with Gasteiger partial charge in [0.2, 0.25) is 5.88 Å². The van der Waals surface area contributed by atoms with Gasteiger partial charge in [-0.05, 0) is 46.6 Å². The van der Waals surface area contributed by atoms with Crippen molar-refractivity contribution >= 4 is 31.9 Å².